The fraction of sp³-hybridized carbons (Fsp3) is 0.143. The molecule has 0 radical (unpaired) electrons. The lowest BCUT2D eigenvalue weighted by atomic mass is 10.2. The number of carbonyl (C=O) groups excluding carboxylic acids is 1. The number of nitrogens with zero attached hydrogens (tertiary/aromatic N) is 2. The Kier molecular flexibility index (Phi) is 3.61. The first-order valence-electron chi connectivity index (χ1n) is 3.55. The van der Waals surface area contributed by atoms with Crippen molar-refractivity contribution in [2.75, 3.05) is 0 Å². The molecule has 1 heterocycles. The van der Waals surface area contributed by atoms with E-state index in [2.05, 4.69) is 4.98 Å². The van der Waals surface area contributed by atoms with Crippen molar-refractivity contribution in [3.8, 4) is 0 Å². The van der Waals surface area contributed by atoms with E-state index in [0.717, 1.165) is 6.07 Å². The van der Waals surface area contributed by atoms with Gasteiger partial charge in [0, 0.05) is 9.64 Å². The summed E-state index contributed by atoms with van der Waals surface area (Å²) in [7, 11) is 0. The Balaban J connectivity index is 3.43. The molecule has 1 aromatic heterocycles. The Morgan fingerprint density at radius 1 is 1.60 bits per heavy atom. The van der Waals surface area contributed by atoms with Crippen LogP contribution in [0.3, 0.4) is 0 Å². The second kappa shape index (κ2) is 4.55. The van der Waals surface area contributed by atoms with Gasteiger partial charge >= 0.3 is 5.82 Å². The van der Waals surface area contributed by atoms with Crippen LogP contribution in [-0.2, 0) is 0 Å². The highest BCUT2D eigenvalue weighted by Crippen LogP contribution is 2.28. The Bertz CT molecular complexity index is 425. The molecule has 0 saturated carbocycles. The molecule has 80 valence electrons. The summed E-state index contributed by atoms with van der Waals surface area (Å²) in [6, 6.07) is 0.898. The number of alkyl halides is 2. The van der Waals surface area contributed by atoms with E-state index in [9.17, 15) is 23.7 Å². The first-order chi connectivity index (χ1) is 6.97. The van der Waals surface area contributed by atoms with Crippen molar-refractivity contribution in [2.24, 2.45) is 0 Å². The summed E-state index contributed by atoms with van der Waals surface area (Å²) in [5.41, 5.74) is -1.17. The fourth-order valence-electron chi connectivity index (χ4n) is 0.929. The minimum Gasteiger partial charge on any atom is -0.358 e. The molecule has 1 aromatic rings. The zero-order valence-electron chi connectivity index (χ0n) is 6.99. The highest BCUT2D eigenvalue weighted by molar-refractivity contribution is 14.1. The van der Waals surface area contributed by atoms with Gasteiger partial charge in [0.2, 0.25) is 5.69 Å². The van der Waals surface area contributed by atoms with E-state index in [1.54, 1.807) is 0 Å². The van der Waals surface area contributed by atoms with E-state index in [0.29, 0.717) is 0 Å². The molecule has 0 atom stereocenters. The molecule has 0 unspecified atom stereocenters. The van der Waals surface area contributed by atoms with E-state index in [1.807, 2.05) is 0 Å². The van der Waals surface area contributed by atoms with Gasteiger partial charge in [0.15, 0.2) is 6.29 Å². The normalized spacial score (nSPS) is 10.4. The molecule has 0 spiro atoms. The van der Waals surface area contributed by atoms with Crippen molar-refractivity contribution in [2.45, 2.75) is 6.43 Å². The lowest BCUT2D eigenvalue weighted by Gasteiger charge is -2.02. The number of hydrogen-bond acceptors (Lipinski definition) is 4. The maximum Gasteiger partial charge on any atom is 0.365 e. The van der Waals surface area contributed by atoms with Crippen LogP contribution < -0.4 is 0 Å². The maximum atomic E-state index is 12.4. The largest absolute Gasteiger partial charge is 0.365 e. The van der Waals surface area contributed by atoms with Gasteiger partial charge in [0.25, 0.3) is 6.43 Å². The minimum absolute atomic E-state index is 0.0496. The SMILES string of the molecule is O=Cc1nc([N+](=O)[O-])cc(I)c1C(F)F. The maximum absolute atomic E-state index is 12.4. The topological polar surface area (TPSA) is 73.1 Å². The van der Waals surface area contributed by atoms with Crippen LogP contribution in [-0.4, -0.2) is 16.2 Å². The third kappa shape index (κ3) is 2.43. The Morgan fingerprint density at radius 2 is 2.20 bits per heavy atom. The molecule has 15 heavy (non-hydrogen) atoms. The van der Waals surface area contributed by atoms with Crippen molar-refractivity contribution >= 4 is 34.7 Å². The Labute approximate surface area is 95.8 Å². The average molecular weight is 328 g/mol. The van der Waals surface area contributed by atoms with Crippen LogP contribution in [0.2, 0.25) is 0 Å². The minimum atomic E-state index is -2.88. The van der Waals surface area contributed by atoms with E-state index in [4.69, 9.17) is 0 Å². The third-order valence-electron chi connectivity index (χ3n) is 1.54. The van der Waals surface area contributed by atoms with Gasteiger partial charge < -0.3 is 10.1 Å². The van der Waals surface area contributed by atoms with Crippen LogP contribution in [0.5, 0.6) is 0 Å². The molecule has 1 rings (SSSR count). The molecule has 0 aliphatic heterocycles. The van der Waals surface area contributed by atoms with Crippen LogP contribution in [0.15, 0.2) is 6.07 Å². The van der Waals surface area contributed by atoms with Gasteiger partial charge in [-0.1, -0.05) is 0 Å². The predicted octanol–water partition coefficient (Wildman–Crippen LogP) is 2.34. The number of carbonyl (C=O) groups is 1. The quantitative estimate of drug-likeness (QED) is 0.369. The lowest BCUT2D eigenvalue weighted by Crippen LogP contribution is -2.04. The van der Waals surface area contributed by atoms with Gasteiger partial charge in [-0.25, -0.2) is 8.78 Å². The Hall–Kier alpha value is -1.19. The third-order valence-corrected chi connectivity index (χ3v) is 2.43. The summed E-state index contributed by atoms with van der Waals surface area (Å²) in [5, 5.41) is 10.3. The van der Waals surface area contributed by atoms with Crippen molar-refractivity contribution in [3.63, 3.8) is 0 Å². The molecule has 0 fully saturated rings. The van der Waals surface area contributed by atoms with E-state index in [-0.39, 0.29) is 9.86 Å². The van der Waals surface area contributed by atoms with Crippen molar-refractivity contribution in [3.05, 3.63) is 31.0 Å². The van der Waals surface area contributed by atoms with Gasteiger partial charge in [-0.05, 0) is 32.5 Å². The highest BCUT2D eigenvalue weighted by Gasteiger charge is 2.25. The predicted molar refractivity (Wildman–Crippen MR) is 54.0 cm³/mol. The molecule has 0 saturated heterocycles. The van der Waals surface area contributed by atoms with Gasteiger partial charge in [-0.15, -0.1) is 0 Å². The average Bonchev–Trinajstić information content (AvgIpc) is 2.15. The number of rotatable bonds is 3. The Morgan fingerprint density at radius 3 is 2.60 bits per heavy atom. The lowest BCUT2D eigenvalue weighted by molar-refractivity contribution is -0.389. The molecule has 0 amide bonds. The van der Waals surface area contributed by atoms with E-state index < -0.39 is 28.4 Å². The van der Waals surface area contributed by atoms with Crippen LogP contribution >= 0.6 is 22.6 Å². The zero-order chi connectivity index (χ0) is 11.6. The van der Waals surface area contributed by atoms with Crippen LogP contribution in [0.1, 0.15) is 22.5 Å². The van der Waals surface area contributed by atoms with Gasteiger partial charge in [-0.3, -0.25) is 4.79 Å². The first-order valence-corrected chi connectivity index (χ1v) is 4.63. The van der Waals surface area contributed by atoms with Crippen molar-refractivity contribution < 1.29 is 18.5 Å². The first kappa shape index (κ1) is 11.9. The monoisotopic (exact) mass is 328 g/mol. The number of aldehydes is 1. The van der Waals surface area contributed by atoms with E-state index in [1.165, 1.54) is 22.6 Å². The summed E-state index contributed by atoms with van der Waals surface area (Å²) >= 11 is 1.50. The molecular formula is C7H3F2IN2O3. The number of pyridine rings is 1. The molecule has 0 bridgehead atoms. The standard InChI is InChI=1S/C7H3F2IN2O3/c8-7(9)6-3(10)1-5(12(14)15)11-4(6)2-13/h1-2,7H. The molecule has 0 aromatic carbocycles. The number of aromatic nitrogens is 1. The van der Waals surface area contributed by atoms with E-state index >= 15 is 0 Å². The second-order valence-corrected chi connectivity index (χ2v) is 3.60. The number of halogens is 3. The molecule has 0 aliphatic rings. The van der Waals surface area contributed by atoms with Crippen LogP contribution in [0.4, 0.5) is 14.6 Å². The smallest absolute Gasteiger partial charge is 0.358 e. The second-order valence-electron chi connectivity index (χ2n) is 2.44. The van der Waals surface area contributed by atoms with Gasteiger partial charge in [0.1, 0.15) is 0 Å². The number of nitro groups is 1. The van der Waals surface area contributed by atoms with Crippen molar-refractivity contribution in [1.29, 1.82) is 0 Å². The highest BCUT2D eigenvalue weighted by atomic mass is 127. The molecule has 8 heteroatoms. The summed E-state index contributed by atoms with van der Waals surface area (Å²) in [6.45, 7) is 0. The summed E-state index contributed by atoms with van der Waals surface area (Å²) in [4.78, 5) is 23.2. The molecular weight excluding hydrogens is 325 g/mol. The zero-order valence-corrected chi connectivity index (χ0v) is 9.14. The molecule has 5 nitrogen and oxygen atoms in total. The fourth-order valence-corrected chi connectivity index (χ4v) is 1.72. The number of hydrogen-bond donors (Lipinski definition) is 0. The summed E-state index contributed by atoms with van der Waals surface area (Å²) in [6.07, 6.45) is -2.80. The summed E-state index contributed by atoms with van der Waals surface area (Å²) < 4.78 is 24.8. The van der Waals surface area contributed by atoms with Gasteiger partial charge in [0.05, 0.1) is 5.56 Å². The van der Waals surface area contributed by atoms with Crippen LogP contribution in [0.25, 0.3) is 0 Å². The van der Waals surface area contributed by atoms with Crippen molar-refractivity contribution in [1.82, 2.24) is 4.98 Å². The molecule has 0 aliphatic carbocycles. The van der Waals surface area contributed by atoms with Gasteiger partial charge in [-0.2, -0.15) is 0 Å². The van der Waals surface area contributed by atoms with Crippen LogP contribution in [0, 0.1) is 13.7 Å². The molecule has 0 N–H and O–H groups in total. The summed E-state index contributed by atoms with van der Waals surface area (Å²) in [5.74, 6) is -0.620.